The van der Waals surface area contributed by atoms with E-state index >= 15 is 0 Å². The third-order valence-electron chi connectivity index (χ3n) is 26.1. The lowest BCUT2D eigenvalue weighted by atomic mass is 10.1. The Labute approximate surface area is 689 Å². The van der Waals surface area contributed by atoms with Crippen LogP contribution in [0, 0.1) is 27.7 Å². The number of para-hydroxylation sites is 10. The van der Waals surface area contributed by atoms with Crippen LogP contribution in [0.1, 0.15) is 105 Å². The molecule has 19 rings (SSSR count). The third kappa shape index (κ3) is 12.7. The van der Waals surface area contributed by atoms with Gasteiger partial charge >= 0.3 is 0 Å². The number of anilines is 22. The first-order valence-electron chi connectivity index (χ1n) is 41.5. The zero-order chi connectivity index (χ0) is 81.7. The number of aromatic nitrogens is 2. The van der Waals surface area contributed by atoms with Gasteiger partial charge in [-0.1, -0.05) is 84.9 Å². The summed E-state index contributed by atoms with van der Waals surface area (Å²) in [4.78, 5) is 47.7. The molecule has 0 saturated carbocycles. The summed E-state index contributed by atoms with van der Waals surface area (Å²) >= 11 is 0. The van der Waals surface area contributed by atoms with Gasteiger partial charge in [0.2, 0.25) is 0 Å². The first kappa shape index (κ1) is 77.7. The molecule has 2 aromatic heterocycles. The molecular weight excluding hydrogens is 1430 g/mol. The molecule has 18 heteroatoms. The molecular formula is C98H116N18. The average molecular weight is 1550 g/mol. The van der Waals surface area contributed by atoms with Crippen molar-refractivity contribution in [2.24, 2.45) is 0 Å². The van der Waals surface area contributed by atoms with Gasteiger partial charge in [-0.2, -0.15) is 0 Å². The molecule has 8 aliphatic rings. The zero-order valence-electron chi connectivity index (χ0n) is 71.9. The maximum absolute atomic E-state index is 4.70. The van der Waals surface area contributed by atoms with E-state index in [1.807, 2.05) is 24.5 Å². The lowest BCUT2D eigenvalue weighted by Gasteiger charge is -2.36. The largest absolute Gasteiger partial charge is 0.359 e. The molecule has 0 radical (unpaired) electrons. The van der Waals surface area contributed by atoms with Gasteiger partial charge in [0.15, 0.2) is 11.6 Å². The maximum Gasteiger partial charge on any atom is 0.158 e. The molecule has 0 fully saturated rings. The molecule has 0 N–H and O–H groups in total. The first-order chi connectivity index (χ1) is 55.8. The topological polar surface area (TPSA) is 77.6 Å². The van der Waals surface area contributed by atoms with Crippen molar-refractivity contribution in [3.8, 4) is 0 Å². The number of nitrogens with zero attached hydrogens (tertiary/aromatic N) is 18. The zero-order valence-corrected chi connectivity index (χ0v) is 71.9. The Hall–Kier alpha value is -12.2. The molecule has 10 heterocycles. The van der Waals surface area contributed by atoms with Gasteiger partial charge < -0.3 is 78.4 Å². The van der Waals surface area contributed by atoms with Crippen molar-refractivity contribution in [2.45, 2.75) is 172 Å². The van der Waals surface area contributed by atoms with Crippen LogP contribution in [0.15, 0.2) is 243 Å². The summed E-state index contributed by atoms with van der Waals surface area (Å²) < 4.78 is 0. The third-order valence-corrected chi connectivity index (χ3v) is 26.1. The van der Waals surface area contributed by atoms with Crippen molar-refractivity contribution < 1.29 is 0 Å². The van der Waals surface area contributed by atoms with Gasteiger partial charge in [-0.05, 0) is 266 Å². The molecule has 598 valence electrons. The Morgan fingerprint density at radius 1 is 0.224 bits per heavy atom. The Morgan fingerprint density at radius 3 is 0.741 bits per heavy atom. The smallest absolute Gasteiger partial charge is 0.158 e. The highest BCUT2D eigenvalue weighted by Gasteiger charge is 2.43. The summed E-state index contributed by atoms with van der Waals surface area (Å²) in [5.41, 5.74) is 30.4. The van der Waals surface area contributed by atoms with Crippen LogP contribution in [0.4, 0.5) is 125 Å². The standard InChI is InChI=1S/C29H36N4.C25H28N4.C23H26N6.C21H26N4/c1-19(2)30-22(6)32(28-15-10-8-13-26(28)30)24-17-12-18-25(21(24)5)33-23(7)31(20(3)4)27-14-9-11-16-29(27)33;1-17-20(28-18(2)26(4)22-11-6-8-13-24(22)28)15-10-16-21(17)29-19(3)27(5)23-12-7-9-14-25(23)29;1-15-18(28-16(2)26(4)20-11-7-13-24-22(20)28)9-6-10-19(15)29-17(3)27(5)21-12-8-14-25-23(21)29;1-15-18(24-14-13-22(4)16(24)2)11-8-12-19(15)25-17(3)23(5)20-9-6-7-10-21(20)25/h8-20,22-23H,1-7H3;6-16,18-19H,1-5H3;6-14,16-17H,1-5H3;6-14,16-17H,1-5H3/t22-,23+;18-,19+;2*16-,17+/m...0/s1. The average Bonchev–Trinajstić information content (AvgIpc) is 1.60. The SMILES string of the molecule is Cc1c(N2C=CN(C)[C@@H]2C)cccc1N1c2ccccc2N(C)[C@H]1C.Cc1c(N2c3ccccc3N(C(C)C)[C@@H]2C)cccc1N1c2ccccc2N(C(C)C)[C@H]1C.Cc1c(N2c3ccccc3N(C)[C@H]2C)cccc1N1c2ccccc2N(C)[C@@H]1C.Cc1c(N2c3ncccc3N(C)[C@H]2C)cccc1N1c2ncccc2N(C)[C@@H]1C. The van der Waals surface area contributed by atoms with E-state index < -0.39 is 0 Å². The first-order valence-corrected chi connectivity index (χ1v) is 41.5. The number of hydrogen-bond acceptors (Lipinski definition) is 18. The van der Waals surface area contributed by atoms with Crippen LogP contribution >= 0.6 is 0 Å². The summed E-state index contributed by atoms with van der Waals surface area (Å²) in [5, 5.41) is 0. The van der Waals surface area contributed by atoms with Crippen LogP contribution in [0.2, 0.25) is 0 Å². The molecule has 0 amide bonds. The van der Waals surface area contributed by atoms with Gasteiger partial charge in [-0.15, -0.1) is 0 Å². The molecule has 9 aromatic carbocycles. The number of benzene rings is 9. The van der Waals surface area contributed by atoms with E-state index in [4.69, 9.17) is 9.97 Å². The summed E-state index contributed by atoms with van der Waals surface area (Å²) in [7, 11) is 12.9. The van der Waals surface area contributed by atoms with Gasteiger partial charge in [-0.25, -0.2) is 9.97 Å². The fourth-order valence-electron chi connectivity index (χ4n) is 19.4. The van der Waals surface area contributed by atoms with Gasteiger partial charge in [0.1, 0.15) is 49.3 Å². The van der Waals surface area contributed by atoms with Crippen molar-refractivity contribution in [2.75, 3.05) is 116 Å². The Morgan fingerprint density at radius 2 is 0.448 bits per heavy atom. The molecule has 0 spiro atoms. The minimum absolute atomic E-state index is 0.193. The van der Waals surface area contributed by atoms with Crippen LogP contribution in [-0.4, -0.2) is 119 Å². The van der Waals surface area contributed by atoms with Gasteiger partial charge in [0.25, 0.3) is 0 Å². The van der Waals surface area contributed by atoms with E-state index in [0.717, 1.165) is 23.0 Å². The minimum atomic E-state index is 0.193. The maximum atomic E-state index is 4.70. The van der Waals surface area contributed by atoms with E-state index in [1.165, 1.54) is 125 Å². The Balaban J connectivity index is 0.000000117. The van der Waals surface area contributed by atoms with Crippen LogP contribution in [0.5, 0.6) is 0 Å². The highest BCUT2D eigenvalue weighted by molar-refractivity contribution is 5.94. The highest BCUT2D eigenvalue weighted by atomic mass is 15.5. The van der Waals surface area contributed by atoms with Crippen molar-refractivity contribution in [3.63, 3.8) is 0 Å². The quantitative estimate of drug-likeness (QED) is 0.130. The van der Waals surface area contributed by atoms with Crippen molar-refractivity contribution in [3.05, 3.63) is 265 Å². The summed E-state index contributed by atoms with van der Waals surface area (Å²) in [6.45, 7) is 36.2. The minimum Gasteiger partial charge on any atom is -0.359 e. The van der Waals surface area contributed by atoms with Gasteiger partial charge in [0, 0.05) is 125 Å². The molecule has 0 saturated heterocycles. The van der Waals surface area contributed by atoms with Crippen molar-refractivity contribution in [1.29, 1.82) is 0 Å². The lowest BCUT2D eigenvalue weighted by Crippen LogP contribution is -2.43. The molecule has 11 aromatic rings. The molecule has 8 atom stereocenters. The predicted molar refractivity (Wildman–Crippen MR) is 493 cm³/mol. The second-order valence-corrected chi connectivity index (χ2v) is 32.9. The van der Waals surface area contributed by atoms with E-state index in [1.54, 1.807) is 0 Å². The second kappa shape index (κ2) is 30.9. The van der Waals surface area contributed by atoms with Crippen LogP contribution in [0.3, 0.4) is 0 Å². The summed E-state index contributed by atoms with van der Waals surface area (Å²) in [6, 6.07) is 79.4. The number of fused-ring (bicyclic) bond motifs is 7. The fraction of sp³-hybridized carbons (Fsp3) is 0.327. The fourth-order valence-corrected chi connectivity index (χ4v) is 19.4. The number of pyridine rings is 2. The van der Waals surface area contributed by atoms with Gasteiger partial charge in [-0.3, -0.25) is 0 Å². The van der Waals surface area contributed by atoms with Crippen LogP contribution in [0.25, 0.3) is 0 Å². The molecule has 0 unspecified atom stereocenters. The normalized spacial score (nSPS) is 20.5. The molecule has 116 heavy (non-hydrogen) atoms. The summed E-state index contributed by atoms with van der Waals surface area (Å²) in [6.07, 6.45) is 10.1. The van der Waals surface area contributed by atoms with Crippen LogP contribution in [-0.2, 0) is 0 Å². The molecule has 0 bridgehead atoms. The number of hydrogen-bond donors (Lipinski definition) is 0. The molecule has 0 aliphatic carbocycles. The van der Waals surface area contributed by atoms with E-state index in [9.17, 15) is 0 Å². The lowest BCUT2D eigenvalue weighted by molar-refractivity contribution is 0.383. The van der Waals surface area contributed by atoms with Crippen molar-refractivity contribution in [1.82, 2.24) is 14.9 Å². The van der Waals surface area contributed by atoms with E-state index in [0.29, 0.717) is 24.4 Å². The van der Waals surface area contributed by atoms with E-state index in [-0.39, 0.29) is 37.0 Å². The highest BCUT2D eigenvalue weighted by Crippen LogP contribution is 2.55. The Bertz CT molecular complexity index is 5060. The molecule has 18 nitrogen and oxygen atoms in total. The predicted octanol–water partition coefficient (Wildman–Crippen LogP) is 22.4. The van der Waals surface area contributed by atoms with E-state index in [2.05, 4.69) is 450 Å². The Kier molecular flexibility index (Phi) is 20.7. The molecule has 8 aliphatic heterocycles. The summed E-state index contributed by atoms with van der Waals surface area (Å²) in [5.74, 6) is 2.01. The second-order valence-electron chi connectivity index (χ2n) is 32.9. The monoisotopic (exact) mass is 1540 g/mol. The van der Waals surface area contributed by atoms with Crippen molar-refractivity contribution >= 4 is 125 Å². The number of rotatable bonds is 10. The van der Waals surface area contributed by atoms with Crippen LogP contribution < -0.4 is 73.5 Å². The van der Waals surface area contributed by atoms with Gasteiger partial charge in [0.05, 0.1) is 68.2 Å².